The van der Waals surface area contributed by atoms with Gasteiger partial charge in [-0.1, -0.05) is 35.0 Å². The molecule has 7 heteroatoms. The Bertz CT molecular complexity index is 722. The maximum atomic E-state index is 6.17. The van der Waals surface area contributed by atoms with Gasteiger partial charge in [-0.25, -0.2) is 0 Å². The smallest absolute Gasteiger partial charge is 0.179 e. The fraction of sp³-hybridized carbons (Fsp3) is 0.235. The molecule has 0 aliphatic carbocycles. The van der Waals surface area contributed by atoms with Crippen LogP contribution in [0.25, 0.3) is 0 Å². The van der Waals surface area contributed by atoms with Crippen molar-refractivity contribution >= 4 is 17.4 Å². The Labute approximate surface area is 144 Å². The van der Waals surface area contributed by atoms with E-state index in [0.717, 1.165) is 5.56 Å². The Morgan fingerprint density at radius 2 is 1.96 bits per heavy atom. The number of hydrogen-bond acceptors (Lipinski definition) is 5. The molecule has 0 fully saturated rings. The first kappa shape index (κ1) is 16.3. The van der Waals surface area contributed by atoms with Gasteiger partial charge >= 0.3 is 0 Å². The van der Waals surface area contributed by atoms with Crippen molar-refractivity contribution in [3.63, 3.8) is 0 Å². The number of ether oxygens (including phenoxy) is 3. The molecule has 2 aromatic carbocycles. The zero-order valence-corrected chi connectivity index (χ0v) is 13.7. The molecule has 1 aliphatic heterocycles. The van der Waals surface area contributed by atoms with Crippen LogP contribution in [-0.4, -0.2) is 25.7 Å². The third-order valence-electron chi connectivity index (χ3n) is 3.20. The van der Waals surface area contributed by atoms with E-state index >= 15 is 0 Å². The van der Waals surface area contributed by atoms with E-state index in [1.165, 1.54) is 0 Å². The van der Waals surface area contributed by atoms with Gasteiger partial charge in [0, 0.05) is 0 Å². The molecule has 0 aromatic heterocycles. The van der Waals surface area contributed by atoms with Crippen LogP contribution >= 0.6 is 11.6 Å². The number of fused-ring (bicyclic) bond motifs is 1. The molecule has 2 N–H and O–H groups in total. The SMILES string of the molecule is N/C(COc1ccccc1)=N\OCc1cc(Cl)c2c(c1)OCCO2. The quantitative estimate of drug-likeness (QED) is 0.493. The molecule has 0 amide bonds. The third kappa shape index (κ3) is 4.23. The van der Waals surface area contributed by atoms with Gasteiger partial charge in [0.1, 0.15) is 32.2 Å². The summed E-state index contributed by atoms with van der Waals surface area (Å²) >= 11 is 6.17. The van der Waals surface area contributed by atoms with E-state index in [0.29, 0.717) is 35.5 Å². The number of amidine groups is 1. The summed E-state index contributed by atoms with van der Waals surface area (Å²) in [5.74, 6) is 2.12. The van der Waals surface area contributed by atoms with Crippen molar-refractivity contribution in [3.8, 4) is 17.2 Å². The van der Waals surface area contributed by atoms with Gasteiger partial charge in [0.25, 0.3) is 0 Å². The summed E-state index contributed by atoms with van der Waals surface area (Å²) in [6.45, 7) is 1.34. The van der Waals surface area contributed by atoms with Gasteiger partial charge in [-0.05, 0) is 29.8 Å². The van der Waals surface area contributed by atoms with Crippen molar-refractivity contribution in [3.05, 3.63) is 53.1 Å². The standard InChI is InChI=1S/C17H17ClN2O4/c18-14-8-12(9-15-17(14)22-7-6-21-15)10-24-20-16(19)11-23-13-4-2-1-3-5-13/h1-5,8-9H,6-7,10-11H2,(H2,19,20). The van der Waals surface area contributed by atoms with E-state index in [1.54, 1.807) is 6.07 Å². The van der Waals surface area contributed by atoms with E-state index in [4.69, 9.17) is 36.4 Å². The Morgan fingerprint density at radius 3 is 2.79 bits per heavy atom. The van der Waals surface area contributed by atoms with E-state index in [-0.39, 0.29) is 19.0 Å². The molecule has 0 spiro atoms. The topological polar surface area (TPSA) is 75.3 Å². The van der Waals surface area contributed by atoms with Crippen LogP contribution in [0.1, 0.15) is 5.56 Å². The van der Waals surface area contributed by atoms with Crippen LogP contribution in [0.2, 0.25) is 5.02 Å². The fourth-order valence-electron chi connectivity index (χ4n) is 2.14. The normalized spacial score (nSPS) is 13.5. The molecule has 0 bridgehead atoms. The second-order valence-corrected chi connectivity index (χ2v) is 5.47. The highest BCUT2D eigenvalue weighted by molar-refractivity contribution is 6.32. The maximum Gasteiger partial charge on any atom is 0.179 e. The van der Waals surface area contributed by atoms with Gasteiger partial charge in [0.2, 0.25) is 0 Å². The van der Waals surface area contributed by atoms with Crippen LogP contribution in [0.5, 0.6) is 17.2 Å². The first-order valence-electron chi connectivity index (χ1n) is 7.42. The summed E-state index contributed by atoms with van der Waals surface area (Å²) in [5.41, 5.74) is 6.57. The van der Waals surface area contributed by atoms with E-state index in [1.807, 2.05) is 36.4 Å². The lowest BCUT2D eigenvalue weighted by Crippen LogP contribution is -2.21. The van der Waals surface area contributed by atoms with Crippen LogP contribution in [0, 0.1) is 0 Å². The minimum Gasteiger partial charge on any atom is -0.486 e. The first-order chi connectivity index (χ1) is 11.7. The van der Waals surface area contributed by atoms with Crippen LogP contribution < -0.4 is 19.9 Å². The molecule has 0 radical (unpaired) electrons. The van der Waals surface area contributed by atoms with Gasteiger partial charge in [-0.15, -0.1) is 0 Å². The van der Waals surface area contributed by atoms with Crippen LogP contribution in [0.15, 0.2) is 47.6 Å². The van der Waals surface area contributed by atoms with Gasteiger partial charge in [0.15, 0.2) is 17.3 Å². The lowest BCUT2D eigenvalue weighted by molar-refractivity contribution is 0.127. The minimum atomic E-state index is 0.145. The number of para-hydroxylation sites is 1. The second kappa shape index (κ2) is 7.79. The number of oxime groups is 1. The highest BCUT2D eigenvalue weighted by Crippen LogP contribution is 2.38. The highest BCUT2D eigenvalue weighted by Gasteiger charge is 2.16. The number of rotatable bonds is 6. The number of benzene rings is 2. The molecule has 3 rings (SSSR count). The Morgan fingerprint density at radius 1 is 1.17 bits per heavy atom. The van der Waals surface area contributed by atoms with Gasteiger partial charge < -0.3 is 24.8 Å². The van der Waals surface area contributed by atoms with E-state index < -0.39 is 0 Å². The lowest BCUT2D eigenvalue weighted by Gasteiger charge is -2.20. The minimum absolute atomic E-state index is 0.145. The molecule has 6 nitrogen and oxygen atoms in total. The van der Waals surface area contributed by atoms with Crippen molar-refractivity contribution in [1.82, 2.24) is 0 Å². The van der Waals surface area contributed by atoms with Gasteiger partial charge in [0.05, 0.1) is 5.02 Å². The average Bonchev–Trinajstić information content (AvgIpc) is 2.61. The molecule has 2 aromatic rings. The zero-order chi connectivity index (χ0) is 16.8. The fourth-order valence-corrected chi connectivity index (χ4v) is 2.43. The predicted octanol–water partition coefficient (Wildman–Crippen LogP) is 2.98. The Balaban J connectivity index is 1.53. The summed E-state index contributed by atoms with van der Waals surface area (Å²) in [6, 6.07) is 12.9. The molecule has 1 heterocycles. The van der Waals surface area contributed by atoms with Crippen molar-refractivity contribution in [2.75, 3.05) is 19.8 Å². The summed E-state index contributed by atoms with van der Waals surface area (Å²) in [7, 11) is 0. The van der Waals surface area contributed by atoms with Crippen LogP contribution in [-0.2, 0) is 11.4 Å². The maximum absolute atomic E-state index is 6.17. The summed E-state index contributed by atoms with van der Waals surface area (Å²) in [6.07, 6.45) is 0. The lowest BCUT2D eigenvalue weighted by atomic mass is 10.2. The van der Waals surface area contributed by atoms with Crippen molar-refractivity contribution < 1.29 is 19.0 Å². The van der Waals surface area contributed by atoms with Crippen molar-refractivity contribution in [2.24, 2.45) is 10.9 Å². The van der Waals surface area contributed by atoms with Gasteiger partial charge in [-0.3, -0.25) is 0 Å². The largest absolute Gasteiger partial charge is 0.486 e. The third-order valence-corrected chi connectivity index (χ3v) is 3.48. The number of halogens is 1. The monoisotopic (exact) mass is 348 g/mol. The molecule has 1 aliphatic rings. The van der Waals surface area contributed by atoms with Crippen molar-refractivity contribution in [2.45, 2.75) is 6.61 Å². The Hall–Kier alpha value is -2.60. The molecule has 0 atom stereocenters. The van der Waals surface area contributed by atoms with E-state index in [9.17, 15) is 0 Å². The highest BCUT2D eigenvalue weighted by atomic mass is 35.5. The molecule has 24 heavy (non-hydrogen) atoms. The number of hydrogen-bond donors (Lipinski definition) is 1. The molecule has 0 saturated heterocycles. The average molecular weight is 349 g/mol. The molecule has 126 valence electrons. The van der Waals surface area contributed by atoms with E-state index in [2.05, 4.69) is 5.16 Å². The van der Waals surface area contributed by atoms with Crippen LogP contribution in [0.3, 0.4) is 0 Å². The Kier molecular flexibility index (Phi) is 5.28. The number of nitrogens with zero attached hydrogens (tertiary/aromatic N) is 1. The van der Waals surface area contributed by atoms with Crippen LogP contribution in [0.4, 0.5) is 0 Å². The van der Waals surface area contributed by atoms with Gasteiger partial charge in [-0.2, -0.15) is 0 Å². The number of nitrogens with two attached hydrogens (primary N) is 1. The molecular weight excluding hydrogens is 332 g/mol. The summed E-state index contributed by atoms with van der Waals surface area (Å²) < 4.78 is 16.4. The predicted molar refractivity (Wildman–Crippen MR) is 90.8 cm³/mol. The molecule has 0 saturated carbocycles. The summed E-state index contributed by atoms with van der Waals surface area (Å²) in [5, 5.41) is 4.31. The second-order valence-electron chi connectivity index (χ2n) is 5.06. The zero-order valence-electron chi connectivity index (χ0n) is 12.9. The first-order valence-corrected chi connectivity index (χ1v) is 7.80. The van der Waals surface area contributed by atoms with Crippen molar-refractivity contribution in [1.29, 1.82) is 0 Å². The molecule has 0 unspecified atom stereocenters. The molecular formula is C17H17ClN2O4. The summed E-state index contributed by atoms with van der Waals surface area (Å²) in [4.78, 5) is 5.24.